The van der Waals surface area contributed by atoms with Crippen LogP contribution in [-0.2, 0) is 43.4 Å². The number of carboxylic acid groups (broad SMARTS) is 1. The SMILES string of the molecule is NC(N)C1OC(=O)C(C(=O)O)C#CC2C(C=O)CCC23CCC2(Cc4c(cc5c(c4Cn4cc6cc[nH]c6c4CO)C4Oc6c7ccc(OCO)c6OCC(O)C#CC(c6ccccc6)C(O5)C74)OC4OC1C(O)C(O)C42O)C3. The molecule has 0 amide bonds. The number of nitrogens with zero attached hydrogens (tertiary/aromatic N) is 1. The number of fused-ring (bicyclic) bond motifs is 9. The number of ether oxygens (including phenoxy) is 7. The summed E-state index contributed by atoms with van der Waals surface area (Å²) < 4.78 is 47.9. The van der Waals surface area contributed by atoms with Gasteiger partial charge in [-0.1, -0.05) is 60.1 Å². The van der Waals surface area contributed by atoms with Crippen LogP contribution in [0.4, 0.5) is 0 Å². The van der Waals surface area contributed by atoms with E-state index in [1.54, 1.807) is 18.3 Å². The van der Waals surface area contributed by atoms with Gasteiger partial charge in [-0.05, 0) is 67.2 Å². The number of benzene rings is 3. The van der Waals surface area contributed by atoms with Crippen LogP contribution in [0, 0.1) is 52.3 Å². The number of hydrogen-bond acceptors (Lipinski definition) is 18. The summed E-state index contributed by atoms with van der Waals surface area (Å²) in [5.74, 6) is 4.81. The van der Waals surface area contributed by atoms with Gasteiger partial charge in [0, 0.05) is 64.3 Å². The molecule has 79 heavy (non-hydrogen) atoms. The maximum Gasteiger partial charge on any atom is 0.333 e. The van der Waals surface area contributed by atoms with Crippen molar-refractivity contribution in [3.63, 3.8) is 0 Å². The number of H-pyrrole nitrogens is 1. The second-order valence-corrected chi connectivity index (χ2v) is 22.3. The van der Waals surface area contributed by atoms with E-state index < -0.39 is 120 Å². The van der Waals surface area contributed by atoms with E-state index in [2.05, 4.69) is 28.7 Å². The first-order valence-electron chi connectivity index (χ1n) is 26.5. The predicted octanol–water partition coefficient (Wildman–Crippen LogP) is 1.73. The molecule has 3 fully saturated rings. The van der Waals surface area contributed by atoms with Gasteiger partial charge in [-0.25, -0.2) is 0 Å². The molecule has 2 spiro atoms. The monoisotopic (exact) mass is 1080 g/mol. The lowest BCUT2D eigenvalue weighted by Gasteiger charge is -2.56. The summed E-state index contributed by atoms with van der Waals surface area (Å²) in [5, 5.41) is 82.7. The summed E-state index contributed by atoms with van der Waals surface area (Å²) >= 11 is 0. The number of carbonyl (C=O) groups is 3. The van der Waals surface area contributed by atoms with Gasteiger partial charge in [0.05, 0.1) is 35.8 Å². The number of hydrogen-bond donors (Lipinski definition) is 10. The van der Waals surface area contributed by atoms with Gasteiger partial charge in [0.15, 0.2) is 30.0 Å². The zero-order valence-electron chi connectivity index (χ0n) is 42.4. The third kappa shape index (κ3) is 7.70. The summed E-state index contributed by atoms with van der Waals surface area (Å²) in [7, 11) is 0. The number of carbonyl (C=O) groups excluding carboxylic acids is 2. The van der Waals surface area contributed by atoms with Crippen LogP contribution in [-0.4, -0.2) is 132 Å². The number of aldehydes is 1. The third-order valence-electron chi connectivity index (χ3n) is 18.3. The highest BCUT2D eigenvalue weighted by molar-refractivity contribution is 5.97. The van der Waals surface area contributed by atoms with Crippen LogP contribution in [0.25, 0.3) is 10.9 Å². The minimum atomic E-state index is -2.51. The molecule has 9 aliphatic rings. The highest BCUT2D eigenvalue weighted by Crippen LogP contribution is 2.69. The van der Waals surface area contributed by atoms with Gasteiger partial charge in [0.25, 0.3) is 0 Å². The van der Waals surface area contributed by atoms with Gasteiger partial charge in [-0.2, -0.15) is 0 Å². The van der Waals surface area contributed by atoms with Crippen molar-refractivity contribution >= 4 is 29.1 Å². The Labute approximate surface area is 451 Å². The Morgan fingerprint density at radius 1 is 0.949 bits per heavy atom. The zero-order chi connectivity index (χ0) is 54.9. The van der Waals surface area contributed by atoms with Crippen LogP contribution >= 0.6 is 0 Å². The van der Waals surface area contributed by atoms with Crippen molar-refractivity contribution in [2.45, 2.75) is 124 Å². The molecule has 1 saturated heterocycles. The molecule has 7 aliphatic heterocycles. The van der Waals surface area contributed by atoms with Crippen LogP contribution in [0.5, 0.6) is 28.7 Å². The smallest absolute Gasteiger partial charge is 0.333 e. The number of aliphatic hydroxyl groups is 6. The molecule has 2 saturated carbocycles. The molecule has 5 aromatic rings. The maximum atomic E-state index is 13.9. The summed E-state index contributed by atoms with van der Waals surface area (Å²) in [6.45, 7) is -1.34. The standard InChI is InChI=1S/C58H58N4O17/c59-52(60)50-49-44(67)51(68)58(72)55(79-49)76-39-18-40-41(48-42-32-9-11-38(74-26-65)47(46(32)77-48)73-24-30(66)6-7-31(45(42)75-40)27-4-2-1-3-5-27)35(21-62-20-28-13-17-61-43(28)37(62)23-64)34(39)19-57(58)16-15-56(25-57)14-12-29(22-63)36(56)10-8-33(53(69)70)54(71)78-50/h1-5,9,11,13,17-18,20,22,29-31,33,36,42,44-45,48-52,55,61,64-68,72H,12,14-16,19,21,23-26,59-60H2,(H,69,70). The van der Waals surface area contributed by atoms with Crippen molar-refractivity contribution in [1.29, 1.82) is 0 Å². The van der Waals surface area contributed by atoms with E-state index in [9.17, 15) is 50.1 Å². The Hall–Kier alpha value is -7.15. The first-order valence-corrected chi connectivity index (χ1v) is 26.5. The molecule has 14 rings (SSSR count). The van der Waals surface area contributed by atoms with Gasteiger partial charge >= 0.3 is 11.9 Å². The lowest BCUT2D eigenvalue weighted by Crippen LogP contribution is -2.75. The number of esters is 1. The van der Waals surface area contributed by atoms with Gasteiger partial charge in [-0.3, -0.25) is 9.59 Å². The molecule has 3 aromatic carbocycles. The number of nitrogens with two attached hydrogens (primary N) is 2. The minimum Gasteiger partial charge on any atom is -0.487 e. The molecule has 21 heteroatoms. The Morgan fingerprint density at radius 3 is 2.53 bits per heavy atom. The first-order chi connectivity index (χ1) is 38.1. The molecule has 12 N–H and O–H groups in total. The molecule has 2 aliphatic carbocycles. The molecule has 9 bridgehead atoms. The van der Waals surface area contributed by atoms with E-state index in [-0.39, 0.29) is 67.8 Å². The van der Waals surface area contributed by atoms with E-state index in [0.29, 0.717) is 52.7 Å². The van der Waals surface area contributed by atoms with Crippen molar-refractivity contribution in [3.05, 3.63) is 101 Å². The van der Waals surface area contributed by atoms with Crippen LogP contribution in [0.15, 0.2) is 67.0 Å². The van der Waals surface area contributed by atoms with E-state index in [0.717, 1.165) is 17.2 Å². The first kappa shape index (κ1) is 51.3. The second kappa shape index (κ2) is 19.0. The van der Waals surface area contributed by atoms with E-state index in [1.165, 1.54) is 0 Å². The molecule has 21 nitrogen and oxygen atoms in total. The molecule has 0 radical (unpaired) electrons. The number of rotatable bonds is 9. The van der Waals surface area contributed by atoms with Gasteiger partial charge < -0.3 is 94.7 Å². The molecule has 16 unspecified atom stereocenters. The van der Waals surface area contributed by atoms with Crippen LogP contribution < -0.4 is 35.2 Å². The number of nitrogens with one attached hydrogen (secondary N) is 1. The number of aromatic nitrogens is 2. The highest BCUT2D eigenvalue weighted by Gasteiger charge is 2.73. The lowest BCUT2D eigenvalue weighted by atomic mass is 9.59. The van der Waals surface area contributed by atoms with Crippen LogP contribution in [0.2, 0.25) is 0 Å². The highest BCUT2D eigenvalue weighted by atomic mass is 16.7. The largest absolute Gasteiger partial charge is 0.487 e. The number of aliphatic hydroxyl groups excluding tert-OH is 5. The van der Waals surface area contributed by atoms with E-state index in [4.69, 9.17) is 44.6 Å². The number of aliphatic carboxylic acids is 1. The Kier molecular flexibility index (Phi) is 12.3. The summed E-state index contributed by atoms with van der Waals surface area (Å²) in [6.07, 6.45) is -8.89. The topological polar surface area (TPSA) is 330 Å². The third-order valence-corrected chi connectivity index (χ3v) is 18.3. The predicted molar refractivity (Wildman–Crippen MR) is 273 cm³/mol. The Balaban J connectivity index is 1.07. The Morgan fingerprint density at radius 2 is 1.77 bits per heavy atom. The van der Waals surface area contributed by atoms with Crippen molar-refractivity contribution < 1.29 is 83.3 Å². The molecular formula is C58H58N4O17. The second-order valence-electron chi connectivity index (χ2n) is 22.3. The molecule has 2 aromatic heterocycles. The van der Waals surface area contributed by atoms with Crippen molar-refractivity contribution in [1.82, 2.24) is 9.55 Å². The van der Waals surface area contributed by atoms with Crippen molar-refractivity contribution in [3.8, 4) is 52.4 Å². The molecular weight excluding hydrogens is 1020 g/mol. The fourth-order valence-corrected chi connectivity index (χ4v) is 14.7. The van der Waals surface area contributed by atoms with Crippen molar-refractivity contribution in [2.75, 3.05) is 13.4 Å². The maximum absolute atomic E-state index is 13.9. The van der Waals surface area contributed by atoms with E-state index >= 15 is 0 Å². The van der Waals surface area contributed by atoms with Gasteiger partial charge in [0.1, 0.15) is 61.0 Å². The summed E-state index contributed by atoms with van der Waals surface area (Å²) in [4.78, 5) is 42.9. The summed E-state index contributed by atoms with van der Waals surface area (Å²) in [6, 6.07) is 16.5. The Bertz CT molecular complexity index is 3430. The normalized spacial score (nSPS) is 35.4. The molecule has 16 atom stereocenters. The van der Waals surface area contributed by atoms with Gasteiger partial charge in [-0.15, -0.1) is 0 Å². The average Bonchev–Trinajstić information content (AvgIpc) is 3.19. The lowest BCUT2D eigenvalue weighted by molar-refractivity contribution is -0.357. The minimum absolute atomic E-state index is 0.0253. The number of carboxylic acids is 1. The van der Waals surface area contributed by atoms with Gasteiger partial charge in [0.2, 0.25) is 18.0 Å². The zero-order valence-corrected chi connectivity index (χ0v) is 42.4. The fourth-order valence-electron chi connectivity index (χ4n) is 14.7. The number of aromatic amines is 1. The molecule has 412 valence electrons. The summed E-state index contributed by atoms with van der Waals surface area (Å²) in [5.41, 5.74) is 11.8. The van der Waals surface area contributed by atoms with E-state index in [1.807, 2.05) is 53.2 Å². The van der Waals surface area contributed by atoms with Crippen LogP contribution in [0.3, 0.4) is 0 Å². The molecule has 9 heterocycles. The van der Waals surface area contributed by atoms with Crippen molar-refractivity contribution in [2.24, 2.45) is 40.1 Å². The average molecular weight is 1080 g/mol. The van der Waals surface area contributed by atoms with Crippen LogP contribution in [0.1, 0.15) is 83.6 Å². The quantitative estimate of drug-likeness (QED) is 0.0330. The fraction of sp³-hybridized carbons (Fsp3) is 0.466.